The second-order valence-corrected chi connectivity index (χ2v) is 6.60. The van der Waals surface area contributed by atoms with Crippen LogP contribution in [0.1, 0.15) is 26.2 Å². The molecule has 1 amide bonds. The molecule has 2 rings (SSSR count). The summed E-state index contributed by atoms with van der Waals surface area (Å²) in [6.45, 7) is 5.29. The van der Waals surface area contributed by atoms with Gasteiger partial charge in [-0.3, -0.25) is 4.79 Å². The molecule has 0 fully saturated rings. The van der Waals surface area contributed by atoms with E-state index in [-0.39, 0.29) is 36.1 Å². The lowest BCUT2D eigenvalue weighted by Gasteiger charge is -2.29. The minimum atomic E-state index is -0.0756. The van der Waals surface area contributed by atoms with Crippen molar-refractivity contribution in [3.05, 3.63) is 42.4 Å². The molecule has 0 spiro atoms. The van der Waals surface area contributed by atoms with E-state index >= 15 is 0 Å². The van der Waals surface area contributed by atoms with Crippen LogP contribution in [-0.4, -0.2) is 35.9 Å². The number of halogens is 2. The van der Waals surface area contributed by atoms with Gasteiger partial charge in [0.15, 0.2) is 11.7 Å². The van der Waals surface area contributed by atoms with Gasteiger partial charge in [0.2, 0.25) is 5.91 Å². The Morgan fingerprint density at radius 3 is 2.48 bits per heavy atom. The molecule has 25 heavy (non-hydrogen) atoms. The molecule has 1 aromatic carbocycles. The van der Waals surface area contributed by atoms with Crippen molar-refractivity contribution in [2.45, 2.75) is 26.7 Å². The molecular weight excluding hydrogens is 361 g/mol. The number of nitrogens with zero attached hydrogens (tertiary/aromatic N) is 2. The number of aromatic nitrogens is 1. The molecule has 5 nitrogen and oxygen atoms in total. The lowest BCUT2D eigenvalue weighted by molar-refractivity contribution is -0.131. The van der Waals surface area contributed by atoms with Crippen molar-refractivity contribution in [1.29, 1.82) is 0 Å². The monoisotopic (exact) mass is 387 g/mol. The summed E-state index contributed by atoms with van der Waals surface area (Å²) in [4.78, 5) is 18.2. The Kier molecular flexibility index (Phi) is 9.78. The molecule has 0 saturated heterocycles. The topological polar surface area (TPSA) is 72.4 Å². The molecule has 0 radical (unpaired) electrons. The Morgan fingerprint density at radius 1 is 1.24 bits per heavy atom. The fourth-order valence-electron chi connectivity index (χ4n) is 2.36. The summed E-state index contributed by atoms with van der Waals surface area (Å²) in [5, 5.41) is 0. The van der Waals surface area contributed by atoms with Crippen molar-refractivity contribution in [2.75, 3.05) is 20.1 Å². The van der Waals surface area contributed by atoms with Crippen LogP contribution in [0.25, 0.3) is 11.3 Å². The van der Waals surface area contributed by atoms with E-state index in [4.69, 9.17) is 10.2 Å². The van der Waals surface area contributed by atoms with Gasteiger partial charge >= 0.3 is 0 Å². The Morgan fingerprint density at radius 2 is 1.88 bits per heavy atom. The molecule has 2 aromatic rings. The quantitative estimate of drug-likeness (QED) is 0.787. The summed E-state index contributed by atoms with van der Waals surface area (Å²) in [6.07, 6.45) is 2.58. The summed E-state index contributed by atoms with van der Waals surface area (Å²) in [6, 6.07) is 9.80. The second kappa shape index (κ2) is 10.4. The van der Waals surface area contributed by atoms with Gasteiger partial charge in [-0.15, -0.1) is 24.8 Å². The first-order valence-corrected chi connectivity index (χ1v) is 7.85. The molecule has 0 aliphatic carbocycles. The van der Waals surface area contributed by atoms with Crippen molar-refractivity contribution in [2.24, 2.45) is 11.1 Å². The van der Waals surface area contributed by atoms with Crippen molar-refractivity contribution in [3.8, 4) is 11.3 Å². The fraction of sp³-hybridized carbons (Fsp3) is 0.444. The van der Waals surface area contributed by atoms with Gasteiger partial charge in [-0.05, 0) is 12.0 Å². The van der Waals surface area contributed by atoms with Crippen LogP contribution in [0.4, 0.5) is 0 Å². The minimum absolute atomic E-state index is 0. The predicted molar refractivity (Wildman–Crippen MR) is 105 cm³/mol. The summed E-state index contributed by atoms with van der Waals surface area (Å²) < 4.78 is 5.72. The molecule has 2 N–H and O–H groups in total. The maximum atomic E-state index is 12.2. The van der Waals surface area contributed by atoms with Gasteiger partial charge in [0.25, 0.3) is 0 Å². The number of benzene rings is 1. The number of oxazole rings is 1. The molecule has 0 atom stereocenters. The number of nitrogens with two attached hydrogens (primary N) is 1. The lowest BCUT2D eigenvalue weighted by atomic mass is 9.93. The zero-order valence-corrected chi connectivity index (χ0v) is 16.5. The van der Waals surface area contributed by atoms with Crippen LogP contribution < -0.4 is 5.73 Å². The molecule has 1 heterocycles. The van der Waals surface area contributed by atoms with Crippen LogP contribution in [-0.2, 0) is 11.2 Å². The number of aryl methyl sites for hydroxylation is 1. The standard InChI is InChI=1S/C18H25N3O2.2ClH/c1-18(2,12-19)13-21(3)17(22)10-9-16-20-11-15(23-16)14-7-5-4-6-8-14;;/h4-8,11H,9-10,12-13,19H2,1-3H3;2*1H. The first-order valence-electron chi connectivity index (χ1n) is 7.85. The first kappa shape index (κ1) is 23.4. The molecule has 0 aliphatic rings. The summed E-state index contributed by atoms with van der Waals surface area (Å²) in [5.74, 6) is 1.39. The highest BCUT2D eigenvalue weighted by Gasteiger charge is 2.21. The van der Waals surface area contributed by atoms with Crippen molar-refractivity contribution < 1.29 is 9.21 Å². The number of rotatable bonds is 7. The third-order valence-electron chi connectivity index (χ3n) is 3.81. The maximum Gasteiger partial charge on any atom is 0.222 e. The highest BCUT2D eigenvalue weighted by atomic mass is 35.5. The van der Waals surface area contributed by atoms with E-state index in [1.54, 1.807) is 11.1 Å². The SMILES string of the molecule is CN(CC(C)(C)CN)C(=O)CCc1ncc(-c2ccccc2)o1.Cl.Cl. The van der Waals surface area contributed by atoms with Crippen molar-refractivity contribution >= 4 is 30.7 Å². The van der Waals surface area contributed by atoms with Gasteiger partial charge in [-0.1, -0.05) is 44.2 Å². The van der Waals surface area contributed by atoms with E-state index in [0.29, 0.717) is 31.8 Å². The van der Waals surface area contributed by atoms with E-state index in [2.05, 4.69) is 18.8 Å². The predicted octanol–water partition coefficient (Wildman–Crippen LogP) is 3.56. The van der Waals surface area contributed by atoms with Gasteiger partial charge in [-0.2, -0.15) is 0 Å². The Balaban J connectivity index is 0.00000288. The lowest BCUT2D eigenvalue weighted by Crippen LogP contribution is -2.39. The van der Waals surface area contributed by atoms with Gasteiger partial charge in [0, 0.05) is 32.0 Å². The minimum Gasteiger partial charge on any atom is -0.441 e. The number of hydrogen-bond donors (Lipinski definition) is 1. The van der Waals surface area contributed by atoms with E-state index in [0.717, 1.165) is 11.3 Å². The summed E-state index contributed by atoms with van der Waals surface area (Å²) in [7, 11) is 1.81. The Bertz CT molecular complexity index is 645. The highest BCUT2D eigenvalue weighted by molar-refractivity contribution is 5.85. The van der Waals surface area contributed by atoms with E-state index in [1.807, 2.05) is 37.4 Å². The maximum absolute atomic E-state index is 12.2. The smallest absolute Gasteiger partial charge is 0.222 e. The van der Waals surface area contributed by atoms with Crippen molar-refractivity contribution in [1.82, 2.24) is 9.88 Å². The van der Waals surface area contributed by atoms with Gasteiger partial charge in [-0.25, -0.2) is 4.98 Å². The van der Waals surface area contributed by atoms with Crippen molar-refractivity contribution in [3.63, 3.8) is 0 Å². The molecule has 0 aliphatic heterocycles. The normalized spacial score (nSPS) is 10.6. The summed E-state index contributed by atoms with van der Waals surface area (Å²) >= 11 is 0. The molecular formula is C18H27Cl2N3O2. The van der Waals surface area contributed by atoms with E-state index in [1.165, 1.54) is 0 Å². The largest absolute Gasteiger partial charge is 0.441 e. The third kappa shape index (κ3) is 7.06. The van der Waals surface area contributed by atoms with Crippen LogP contribution in [0.3, 0.4) is 0 Å². The Hall–Kier alpha value is -1.56. The Labute approximate surface area is 161 Å². The fourth-order valence-corrected chi connectivity index (χ4v) is 2.36. The molecule has 0 saturated carbocycles. The van der Waals surface area contributed by atoms with Crippen LogP contribution in [0.2, 0.25) is 0 Å². The third-order valence-corrected chi connectivity index (χ3v) is 3.81. The number of carbonyl (C=O) groups is 1. The van der Waals surface area contributed by atoms with Crippen LogP contribution >= 0.6 is 24.8 Å². The zero-order chi connectivity index (χ0) is 16.9. The number of hydrogen-bond acceptors (Lipinski definition) is 4. The second-order valence-electron chi connectivity index (χ2n) is 6.60. The first-order chi connectivity index (χ1) is 10.9. The number of amides is 1. The molecule has 0 bridgehead atoms. The van der Waals surface area contributed by atoms with Crippen LogP contribution in [0.5, 0.6) is 0 Å². The molecule has 0 unspecified atom stereocenters. The number of carbonyl (C=O) groups excluding carboxylic acids is 1. The zero-order valence-electron chi connectivity index (χ0n) is 14.9. The van der Waals surface area contributed by atoms with Crippen LogP contribution in [0, 0.1) is 5.41 Å². The van der Waals surface area contributed by atoms with E-state index < -0.39 is 0 Å². The average molecular weight is 388 g/mol. The van der Waals surface area contributed by atoms with Gasteiger partial charge < -0.3 is 15.1 Å². The highest BCUT2D eigenvalue weighted by Crippen LogP contribution is 2.20. The van der Waals surface area contributed by atoms with Crippen LogP contribution in [0.15, 0.2) is 40.9 Å². The summed E-state index contributed by atoms with van der Waals surface area (Å²) in [5.41, 5.74) is 6.62. The van der Waals surface area contributed by atoms with Gasteiger partial charge in [0.1, 0.15) is 0 Å². The average Bonchev–Trinajstić information content (AvgIpc) is 3.02. The molecule has 7 heteroatoms. The van der Waals surface area contributed by atoms with E-state index in [9.17, 15) is 4.79 Å². The van der Waals surface area contributed by atoms with Gasteiger partial charge in [0.05, 0.1) is 6.20 Å². The molecule has 140 valence electrons. The molecule has 1 aromatic heterocycles.